The summed E-state index contributed by atoms with van der Waals surface area (Å²) in [5.74, 6) is 0.200. The van der Waals surface area contributed by atoms with Gasteiger partial charge in [-0.15, -0.1) is 0 Å². The first-order valence-corrected chi connectivity index (χ1v) is 6.81. The molecule has 0 fully saturated rings. The summed E-state index contributed by atoms with van der Waals surface area (Å²) in [4.78, 5) is 8.21. The van der Waals surface area contributed by atoms with Crippen molar-refractivity contribution in [3.63, 3.8) is 0 Å². The van der Waals surface area contributed by atoms with E-state index in [4.69, 9.17) is 22.6 Å². The Hall–Kier alpha value is -1.77. The summed E-state index contributed by atoms with van der Waals surface area (Å²) < 4.78 is 0. The van der Waals surface area contributed by atoms with Gasteiger partial charge in [-0.05, 0) is 18.6 Å². The number of benzene rings is 1. The van der Waals surface area contributed by atoms with Crippen LogP contribution in [0.3, 0.4) is 0 Å². The van der Waals surface area contributed by atoms with Crippen LogP contribution in [0.25, 0.3) is 0 Å². The predicted octanol–water partition coefficient (Wildman–Crippen LogP) is 3.44. The first kappa shape index (κ1) is 13.7. The molecule has 1 aromatic carbocycles. The standard InChI is InChI=1S/C13H11ClN4S/c1-8(10-4-2-3-5-11(10)14)19-13-17-7-9(6-15)12(16)18-13/h2-5,7-8H,1H3,(H2,16,17,18)/t8-/m1/s1. The third-order valence-electron chi connectivity index (χ3n) is 2.54. The van der Waals surface area contributed by atoms with Crippen LogP contribution in [-0.4, -0.2) is 9.97 Å². The largest absolute Gasteiger partial charge is 0.382 e. The second-order valence-electron chi connectivity index (χ2n) is 3.84. The average molecular weight is 291 g/mol. The van der Waals surface area contributed by atoms with E-state index in [0.717, 1.165) is 5.56 Å². The molecule has 1 aromatic heterocycles. The number of nitrogen functional groups attached to an aromatic ring is 1. The van der Waals surface area contributed by atoms with Gasteiger partial charge < -0.3 is 5.73 Å². The van der Waals surface area contributed by atoms with Crippen LogP contribution in [0.15, 0.2) is 35.6 Å². The summed E-state index contributed by atoms with van der Waals surface area (Å²) >= 11 is 7.59. The summed E-state index contributed by atoms with van der Waals surface area (Å²) in [5, 5.41) is 10.1. The highest BCUT2D eigenvalue weighted by Crippen LogP contribution is 2.36. The molecule has 0 aliphatic carbocycles. The van der Waals surface area contributed by atoms with Gasteiger partial charge in [-0.25, -0.2) is 9.97 Å². The molecule has 1 atom stereocenters. The van der Waals surface area contributed by atoms with E-state index in [9.17, 15) is 0 Å². The molecule has 0 aliphatic rings. The molecule has 96 valence electrons. The molecule has 2 aromatic rings. The number of anilines is 1. The second kappa shape index (κ2) is 5.91. The van der Waals surface area contributed by atoms with E-state index >= 15 is 0 Å². The minimum absolute atomic E-state index is 0.0982. The van der Waals surface area contributed by atoms with Crippen LogP contribution in [0, 0.1) is 11.3 Å². The first-order valence-electron chi connectivity index (χ1n) is 5.55. The molecule has 0 saturated heterocycles. The first-order chi connectivity index (χ1) is 9.11. The Balaban J connectivity index is 2.20. The van der Waals surface area contributed by atoms with Crippen molar-refractivity contribution in [1.29, 1.82) is 5.26 Å². The maximum Gasteiger partial charge on any atom is 0.190 e. The van der Waals surface area contributed by atoms with Gasteiger partial charge in [0, 0.05) is 10.3 Å². The summed E-state index contributed by atoms with van der Waals surface area (Å²) in [5.41, 5.74) is 6.96. The Kier molecular flexibility index (Phi) is 4.25. The molecule has 4 nitrogen and oxygen atoms in total. The van der Waals surface area contributed by atoms with Crippen LogP contribution in [-0.2, 0) is 0 Å². The minimum atomic E-state index is 0.0982. The third-order valence-corrected chi connectivity index (χ3v) is 3.90. The van der Waals surface area contributed by atoms with Crippen LogP contribution in [0.2, 0.25) is 5.02 Å². The molecule has 0 bridgehead atoms. The summed E-state index contributed by atoms with van der Waals surface area (Å²) in [6, 6.07) is 9.58. The maximum absolute atomic E-state index is 8.77. The maximum atomic E-state index is 8.77. The number of aromatic nitrogens is 2. The number of hydrogen-bond donors (Lipinski definition) is 1. The van der Waals surface area contributed by atoms with Crippen molar-refractivity contribution in [3.8, 4) is 6.07 Å². The normalized spacial score (nSPS) is 11.8. The van der Waals surface area contributed by atoms with Gasteiger partial charge in [0.25, 0.3) is 0 Å². The Labute approximate surface area is 120 Å². The van der Waals surface area contributed by atoms with Gasteiger partial charge in [-0.1, -0.05) is 41.6 Å². The van der Waals surface area contributed by atoms with Gasteiger partial charge in [0.15, 0.2) is 5.16 Å². The zero-order valence-electron chi connectivity index (χ0n) is 10.2. The van der Waals surface area contributed by atoms with E-state index in [2.05, 4.69) is 9.97 Å². The second-order valence-corrected chi connectivity index (χ2v) is 5.56. The van der Waals surface area contributed by atoms with Gasteiger partial charge in [-0.3, -0.25) is 0 Å². The summed E-state index contributed by atoms with van der Waals surface area (Å²) in [6.07, 6.45) is 1.43. The van der Waals surface area contributed by atoms with E-state index in [1.807, 2.05) is 37.3 Å². The fourth-order valence-corrected chi connectivity index (χ4v) is 2.82. The summed E-state index contributed by atoms with van der Waals surface area (Å²) in [6.45, 7) is 2.02. The van der Waals surface area contributed by atoms with Crippen LogP contribution in [0.5, 0.6) is 0 Å². The van der Waals surface area contributed by atoms with Crippen molar-refractivity contribution < 1.29 is 0 Å². The monoisotopic (exact) mass is 290 g/mol. The van der Waals surface area contributed by atoms with Gasteiger partial charge in [0.2, 0.25) is 0 Å². The van der Waals surface area contributed by atoms with Crippen molar-refractivity contribution in [3.05, 3.63) is 46.6 Å². The van der Waals surface area contributed by atoms with E-state index in [1.165, 1.54) is 18.0 Å². The topological polar surface area (TPSA) is 75.6 Å². The Morgan fingerprint density at radius 2 is 2.16 bits per heavy atom. The van der Waals surface area contributed by atoms with Crippen molar-refractivity contribution in [2.45, 2.75) is 17.3 Å². The molecule has 0 radical (unpaired) electrons. The molecular formula is C13H11ClN4S. The highest BCUT2D eigenvalue weighted by atomic mass is 35.5. The van der Waals surface area contributed by atoms with Gasteiger partial charge >= 0.3 is 0 Å². The van der Waals surface area contributed by atoms with Crippen molar-refractivity contribution in [2.75, 3.05) is 5.73 Å². The fraction of sp³-hybridized carbons (Fsp3) is 0.154. The predicted molar refractivity (Wildman–Crippen MR) is 76.9 cm³/mol. The van der Waals surface area contributed by atoms with E-state index < -0.39 is 0 Å². The lowest BCUT2D eigenvalue weighted by Gasteiger charge is -2.12. The molecule has 2 N–H and O–H groups in total. The molecule has 19 heavy (non-hydrogen) atoms. The lowest BCUT2D eigenvalue weighted by atomic mass is 10.2. The van der Waals surface area contributed by atoms with E-state index in [0.29, 0.717) is 10.2 Å². The van der Waals surface area contributed by atoms with Crippen molar-refractivity contribution in [1.82, 2.24) is 9.97 Å². The lowest BCUT2D eigenvalue weighted by molar-refractivity contribution is 0.954. The average Bonchev–Trinajstić information content (AvgIpc) is 2.39. The molecular weight excluding hydrogens is 280 g/mol. The quantitative estimate of drug-likeness (QED) is 0.692. The summed E-state index contributed by atoms with van der Waals surface area (Å²) in [7, 11) is 0. The lowest BCUT2D eigenvalue weighted by Crippen LogP contribution is -1.99. The van der Waals surface area contributed by atoms with Crippen LogP contribution in [0.1, 0.15) is 23.3 Å². The zero-order valence-corrected chi connectivity index (χ0v) is 11.7. The fourth-order valence-electron chi connectivity index (χ4n) is 1.55. The highest BCUT2D eigenvalue weighted by molar-refractivity contribution is 7.99. The smallest absolute Gasteiger partial charge is 0.190 e. The number of nitrogens with zero attached hydrogens (tertiary/aromatic N) is 3. The number of nitrogens with two attached hydrogens (primary N) is 1. The molecule has 0 unspecified atom stereocenters. The number of nitriles is 1. The molecule has 6 heteroatoms. The molecule has 2 rings (SSSR count). The van der Waals surface area contributed by atoms with Gasteiger partial charge in [-0.2, -0.15) is 5.26 Å². The molecule has 0 aliphatic heterocycles. The zero-order chi connectivity index (χ0) is 13.8. The number of thioether (sulfide) groups is 1. The van der Waals surface area contributed by atoms with Crippen LogP contribution >= 0.6 is 23.4 Å². The highest BCUT2D eigenvalue weighted by Gasteiger charge is 2.13. The van der Waals surface area contributed by atoms with Gasteiger partial charge in [0.1, 0.15) is 17.5 Å². The minimum Gasteiger partial charge on any atom is -0.382 e. The van der Waals surface area contributed by atoms with Crippen LogP contribution < -0.4 is 5.73 Å². The van der Waals surface area contributed by atoms with Crippen molar-refractivity contribution >= 4 is 29.2 Å². The van der Waals surface area contributed by atoms with Gasteiger partial charge in [0.05, 0.1) is 6.20 Å². The Morgan fingerprint density at radius 3 is 2.79 bits per heavy atom. The molecule has 0 amide bonds. The van der Waals surface area contributed by atoms with Crippen molar-refractivity contribution in [2.24, 2.45) is 0 Å². The number of hydrogen-bond acceptors (Lipinski definition) is 5. The molecule has 1 heterocycles. The third kappa shape index (κ3) is 3.16. The number of halogens is 1. The Bertz CT molecular complexity index is 639. The Morgan fingerprint density at radius 1 is 1.42 bits per heavy atom. The van der Waals surface area contributed by atoms with Crippen LogP contribution in [0.4, 0.5) is 5.82 Å². The SMILES string of the molecule is C[C@@H](Sc1ncc(C#N)c(N)n1)c1ccccc1Cl. The molecule has 0 spiro atoms. The van der Waals surface area contributed by atoms with E-state index in [1.54, 1.807) is 0 Å². The molecule has 0 saturated carbocycles. The van der Waals surface area contributed by atoms with E-state index in [-0.39, 0.29) is 16.6 Å². The number of rotatable bonds is 3.